The first-order chi connectivity index (χ1) is 10.2. The van der Waals surface area contributed by atoms with Gasteiger partial charge in [0.05, 0.1) is 13.2 Å². The molecule has 1 saturated heterocycles. The average molecular weight is 290 g/mol. The minimum Gasteiger partial charge on any atom is -0.392 e. The van der Waals surface area contributed by atoms with Gasteiger partial charge in [-0.25, -0.2) is 0 Å². The Morgan fingerprint density at radius 1 is 1.24 bits per heavy atom. The summed E-state index contributed by atoms with van der Waals surface area (Å²) in [6, 6.07) is 7.44. The fourth-order valence-electron chi connectivity index (χ4n) is 2.47. The van der Waals surface area contributed by atoms with E-state index in [9.17, 15) is 9.59 Å². The Morgan fingerprint density at radius 3 is 2.86 bits per heavy atom. The van der Waals surface area contributed by atoms with Crippen LogP contribution in [0.15, 0.2) is 24.3 Å². The standard InChI is InChI=1S/C16H22N2O3/c19-12-14-6-4-5-13(9-14)10-17-15(20)11-18-8-3-1-2-7-16(18)21/h4-6,9,19H,1-3,7-8,10-12H2,(H,17,20). The third-order valence-electron chi connectivity index (χ3n) is 3.67. The number of hydrogen-bond donors (Lipinski definition) is 2. The van der Waals surface area contributed by atoms with E-state index in [-0.39, 0.29) is 25.0 Å². The van der Waals surface area contributed by atoms with Crippen molar-refractivity contribution in [3.63, 3.8) is 0 Å². The smallest absolute Gasteiger partial charge is 0.239 e. The van der Waals surface area contributed by atoms with Crippen LogP contribution in [-0.4, -0.2) is 34.9 Å². The molecule has 21 heavy (non-hydrogen) atoms. The van der Waals surface area contributed by atoms with E-state index >= 15 is 0 Å². The molecule has 1 aromatic rings. The summed E-state index contributed by atoms with van der Waals surface area (Å²) in [6.45, 7) is 1.21. The van der Waals surface area contributed by atoms with E-state index in [1.54, 1.807) is 4.90 Å². The maximum Gasteiger partial charge on any atom is 0.239 e. The Labute approximate surface area is 125 Å². The van der Waals surface area contributed by atoms with Crippen LogP contribution in [-0.2, 0) is 22.7 Å². The molecule has 5 heteroatoms. The fourth-order valence-corrected chi connectivity index (χ4v) is 2.47. The zero-order valence-corrected chi connectivity index (χ0v) is 12.2. The topological polar surface area (TPSA) is 69.6 Å². The van der Waals surface area contributed by atoms with Gasteiger partial charge >= 0.3 is 0 Å². The van der Waals surface area contributed by atoms with Gasteiger partial charge in [0.25, 0.3) is 0 Å². The average Bonchev–Trinajstić information content (AvgIpc) is 2.70. The Hall–Kier alpha value is -1.88. The number of carbonyl (C=O) groups excluding carboxylic acids is 2. The Kier molecular flexibility index (Phi) is 5.75. The maximum absolute atomic E-state index is 11.9. The van der Waals surface area contributed by atoms with Gasteiger partial charge in [-0.15, -0.1) is 0 Å². The molecule has 1 aliphatic rings. The van der Waals surface area contributed by atoms with Gasteiger partial charge < -0.3 is 15.3 Å². The number of carbonyl (C=O) groups is 2. The predicted molar refractivity (Wildman–Crippen MR) is 79.3 cm³/mol. The lowest BCUT2D eigenvalue weighted by Gasteiger charge is -2.19. The van der Waals surface area contributed by atoms with Crippen LogP contribution in [0.3, 0.4) is 0 Å². The van der Waals surface area contributed by atoms with Crippen molar-refractivity contribution in [3.8, 4) is 0 Å². The predicted octanol–water partition coefficient (Wildman–Crippen LogP) is 1.20. The highest BCUT2D eigenvalue weighted by molar-refractivity contribution is 5.84. The summed E-state index contributed by atoms with van der Waals surface area (Å²) >= 11 is 0. The van der Waals surface area contributed by atoms with E-state index in [2.05, 4.69) is 5.32 Å². The van der Waals surface area contributed by atoms with Gasteiger partial charge in [-0.2, -0.15) is 0 Å². The SMILES string of the molecule is O=C(CN1CCCCCC1=O)NCc1cccc(CO)c1. The molecule has 1 aromatic carbocycles. The van der Waals surface area contributed by atoms with Crippen molar-refractivity contribution in [2.24, 2.45) is 0 Å². The molecular formula is C16H22N2O3. The summed E-state index contributed by atoms with van der Waals surface area (Å²) in [5.74, 6) is -0.0652. The third kappa shape index (κ3) is 4.86. The van der Waals surface area contributed by atoms with E-state index in [1.165, 1.54) is 0 Å². The molecule has 5 nitrogen and oxygen atoms in total. The molecule has 2 N–H and O–H groups in total. The molecule has 0 radical (unpaired) electrons. The van der Waals surface area contributed by atoms with Gasteiger partial charge in [0.2, 0.25) is 11.8 Å². The van der Waals surface area contributed by atoms with Crippen molar-refractivity contribution < 1.29 is 14.7 Å². The maximum atomic E-state index is 11.9. The Morgan fingerprint density at radius 2 is 2.05 bits per heavy atom. The lowest BCUT2D eigenvalue weighted by Crippen LogP contribution is -2.40. The van der Waals surface area contributed by atoms with Gasteiger partial charge in [0.15, 0.2) is 0 Å². The number of hydrogen-bond acceptors (Lipinski definition) is 3. The minimum atomic E-state index is -0.139. The zero-order valence-electron chi connectivity index (χ0n) is 12.2. The Balaban J connectivity index is 1.82. The van der Waals surface area contributed by atoms with Crippen molar-refractivity contribution in [3.05, 3.63) is 35.4 Å². The van der Waals surface area contributed by atoms with Gasteiger partial charge in [0.1, 0.15) is 0 Å². The minimum absolute atomic E-state index is 0.00986. The van der Waals surface area contributed by atoms with Crippen LogP contribution in [0.2, 0.25) is 0 Å². The summed E-state index contributed by atoms with van der Waals surface area (Å²) in [6.07, 6.45) is 3.49. The third-order valence-corrected chi connectivity index (χ3v) is 3.67. The molecule has 1 heterocycles. The molecule has 0 atom stereocenters. The van der Waals surface area contributed by atoms with Crippen LogP contribution in [0.1, 0.15) is 36.8 Å². The summed E-state index contributed by atoms with van der Waals surface area (Å²) in [7, 11) is 0. The van der Waals surface area contributed by atoms with Crippen LogP contribution in [0, 0.1) is 0 Å². The van der Waals surface area contributed by atoms with Gasteiger partial charge in [-0.1, -0.05) is 30.7 Å². The summed E-state index contributed by atoms with van der Waals surface area (Å²) < 4.78 is 0. The van der Waals surface area contributed by atoms with Crippen molar-refractivity contribution in [2.75, 3.05) is 13.1 Å². The van der Waals surface area contributed by atoms with Gasteiger partial charge in [-0.05, 0) is 24.0 Å². The lowest BCUT2D eigenvalue weighted by atomic mass is 10.1. The first-order valence-electron chi connectivity index (χ1n) is 7.42. The van der Waals surface area contributed by atoms with E-state index in [1.807, 2.05) is 24.3 Å². The molecular weight excluding hydrogens is 268 g/mol. The number of nitrogens with one attached hydrogen (secondary N) is 1. The van der Waals surface area contributed by atoms with Crippen LogP contribution in [0.5, 0.6) is 0 Å². The zero-order chi connectivity index (χ0) is 15.1. The van der Waals surface area contributed by atoms with Crippen molar-refractivity contribution in [1.82, 2.24) is 10.2 Å². The second kappa shape index (κ2) is 7.78. The number of benzene rings is 1. The van der Waals surface area contributed by atoms with E-state index in [0.29, 0.717) is 19.5 Å². The van der Waals surface area contributed by atoms with Crippen LogP contribution < -0.4 is 5.32 Å². The van der Waals surface area contributed by atoms with Gasteiger partial charge in [0, 0.05) is 19.5 Å². The number of rotatable bonds is 5. The largest absolute Gasteiger partial charge is 0.392 e. The second-order valence-electron chi connectivity index (χ2n) is 5.38. The second-order valence-corrected chi connectivity index (χ2v) is 5.38. The molecule has 0 aromatic heterocycles. The highest BCUT2D eigenvalue weighted by Crippen LogP contribution is 2.10. The first kappa shape index (κ1) is 15.5. The molecule has 0 spiro atoms. The van der Waals surface area contributed by atoms with Crippen LogP contribution in [0.25, 0.3) is 0 Å². The summed E-state index contributed by atoms with van der Waals surface area (Å²) in [4.78, 5) is 25.4. The number of likely N-dealkylation sites (tertiary alicyclic amines) is 1. The summed E-state index contributed by atoms with van der Waals surface area (Å²) in [5.41, 5.74) is 1.77. The number of aliphatic hydroxyl groups is 1. The number of amides is 2. The summed E-state index contributed by atoms with van der Waals surface area (Å²) in [5, 5.41) is 11.9. The molecule has 1 aliphatic heterocycles. The van der Waals surface area contributed by atoms with Gasteiger partial charge in [-0.3, -0.25) is 9.59 Å². The lowest BCUT2D eigenvalue weighted by molar-refractivity contribution is -0.135. The van der Waals surface area contributed by atoms with Crippen molar-refractivity contribution in [2.45, 2.75) is 38.8 Å². The molecule has 114 valence electrons. The van der Waals surface area contributed by atoms with Crippen LogP contribution >= 0.6 is 0 Å². The molecule has 2 rings (SSSR count). The van der Waals surface area contributed by atoms with Crippen molar-refractivity contribution in [1.29, 1.82) is 0 Å². The molecule has 2 amide bonds. The van der Waals surface area contributed by atoms with E-state index in [0.717, 1.165) is 30.4 Å². The molecule has 0 saturated carbocycles. The molecule has 0 bridgehead atoms. The normalized spacial score (nSPS) is 15.7. The fraction of sp³-hybridized carbons (Fsp3) is 0.500. The molecule has 1 fully saturated rings. The van der Waals surface area contributed by atoms with Crippen molar-refractivity contribution >= 4 is 11.8 Å². The highest BCUT2D eigenvalue weighted by atomic mass is 16.3. The first-order valence-corrected chi connectivity index (χ1v) is 7.42. The van der Waals surface area contributed by atoms with Crippen LogP contribution in [0.4, 0.5) is 0 Å². The monoisotopic (exact) mass is 290 g/mol. The molecule has 0 unspecified atom stereocenters. The number of nitrogens with zero attached hydrogens (tertiary/aromatic N) is 1. The quantitative estimate of drug-likeness (QED) is 0.856. The Bertz CT molecular complexity index is 502. The highest BCUT2D eigenvalue weighted by Gasteiger charge is 2.18. The molecule has 0 aliphatic carbocycles. The van der Waals surface area contributed by atoms with E-state index < -0.39 is 0 Å². The number of aliphatic hydroxyl groups excluding tert-OH is 1. The van der Waals surface area contributed by atoms with E-state index in [4.69, 9.17) is 5.11 Å².